The van der Waals surface area contributed by atoms with Gasteiger partial charge in [-0.3, -0.25) is 9.59 Å². The van der Waals surface area contributed by atoms with Gasteiger partial charge in [-0.1, -0.05) is 13.8 Å². The second-order valence-corrected chi connectivity index (χ2v) is 10.0. The van der Waals surface area contributed by atoms with Gasteiger partial charge in [-0.2, -0.15) is 0 Å². The molecule has 24 heavy (non-hydrogen) atoms. The Labute approximate surface area is 144 Å². The van der Waals surface area contributed by atoms with Gasteiger partial charge in [0.15, 0.2) is 0 Å². The topological polar surface area (TPSA) is 43.4 Å². The van der Waals surface area contributed by atoms with Crippen molar-refractivity contribution in [1.29, 1.82) is 0 Å². The Balaban J connectivity index is 1.55. The molecule has 5 aliphatic carbocycles. The molecular formula is C21H30O3. The molecule has 5 saturated carbocycles. The molecule has 0 heterocycles. The first-order chi connectivity index (χ1) is 11.3. The third-order valence-corrected chi connectivity index (χ3v) is 9.56. The van der Waals surface area contributed by atoms with E-state index < -0.39 is 0 Å². The predicted molar refractivity (Wildman–Crippen MR) is 90.1 cm³/mol. The third kappa shape index (κ3) is 1.56. The molecule has 0 saturated heterocycles. The van der Waals surface area contributed by atoms with Crippen LogP contribution in [0.1, 0.15) is 72.1 Å². The molecule has 0 unspecified atom stereocenters. The summed E-state index contributed by atoms with van der Waals surface area (Å²) >= 11 is 0. The molecule has 5 rings (SSSR count). The SMILES string of the molecule is CC(=O)O[C@H]1C[C@H]2[C@@H]3CCC(=O)[C@@]3(C)CC[C@@H]2[C@@]2(C)CC[C@@H]3C[C@]312. The summed E-state index contributed by atoms with van der Waals surface area (Å²) in [6.07, 6.45) is 9.14. The van der Waals surface area contributed by atoms with E-state index in [-0.39, 0.29) is 22.9 Å². The molecular weight excluding hydrogens is 300 g/mol. The van der Waals surface area contributed by atoms with E-state index in [1.54, 1.807) is 6.92 Å². The predicted octanol–water partition coefficient (Wildman–Crippen LogP) is 4.14. The highest BCUT2D eigenvalue weighted by molar-refractivity contribution is 5.87. The van der Waals surface area contributed by atoms with Crippen LogP contribution in [0, 0.1) is 39.9 Å². The summed E-state index contributed by atoms with van der Waals surface area (Å²) in [5, 5.41) is 0. The molecule has 0 aliphatic heterocycles. The molecule has 0 radical (unpaired) electrons. The van der Waals surface area contributed by atoms with Crippen molar-refractivity contribution in [3.05, 3.63) is 0 Å². The first-order valence-corrected chi connectivity index (χ1v) is 10.0. The number of hydrogen-bond acceptors (Lipinski definition) is 3. The Hall–Kier alpha value is -0.860. The maximum atomic E-state index is 12.6. The fourth-order valence-corrected chi connectivity index (χ4v) is 8.40. The van der Waals surface area contributed by atoms with Crippen molar-refractivity contribution < 1.29 is 14.3 Å². The van der Waals surface area contributed by atoms with Crippen LogP contribution in [-0.2, 0) is 14.3 Å². The van der Waals surface area contributed by atoms with Crippen molar-refractivity contribution in [3.8, 4) is 0 Å². The molecule has 1 spiro atoms. The van der Waals surface area contributed by atoms with Crippen LogP contribution >= 0.6 is 0 Å². The van der Waals surface area contributed by atoms with Crippen molar-refractivity contribution >= 4 is 11.8 Å². The van der Waals surface area contributed by atoms with Gasteiger partial charge < -0.3 is 4.74 Å². The minimum absolute atomic E-state index is 0.0929. The van der Waals surface area contributed by atoms with E-state index >= 15 is 0 Å². The summed E-state index contributed by atoms with van der Waals surface area (Å²) in [5.41, 5.74) is 0.508. The highest BCUT2D eigenvalue weighted by Gasteiger charge is 2.78. The molecule has 0 aromatic heterocycles. The summed E-state index contributed by atoms with van der Waals surface area (Å²) in [4.78, 5) is 24.3. The van der Waals surface area contributed by atoms with Crippen LogP contribution in [0.3, 0.4) is 0 Å². The molecule has 0 aromatic carbocycles. The number of ether oxygens (including phenoxy) is 1. The number of esters is 1. The number of fused-ring (bicyclic) bond motifs is 4. The van der Waals surface area contributed by atoms with Gasteiger partial charge in [-0.15, -0.1) is 0 Å². The van der Waals surface area contributed by atoms with Gasteiger partial charge in [0.2, 0.25) is 0 Å². The van der Waals surface area contributed by atoms with Gasteiger partial charge in [0.1, 0.15) is 11.9 Å². The lowest BCUT2D eigenvalue weighted by Gasteiger charge is -2.59. The number of ketones is 1. The van der Waals surface area contributed by atoms with Crippen LogP contribution < -0.4 is 0 Å². The third-order valence-electron chi connectivity index (χ3n) is 9.56. The van der Waals surface area contributed by atoms with Crippen molar-refractivity contribution in [2.24, 2.45) is 39.9 Å². The molecule has 3 heteroatoms. The first-order valence-electron chi connectivity index (χ1n) is 10.0. The lowest BCUT2D eigenvalue weighted by molar-refractivity contribution is -0.180. The largest absolute Gasteiger partial charge is 0.462 e. The minimum atomic E-state index is -0.117. The Morgan fingerprint density at radius 2 is 1.92 bits per heavy atom. The Morgan fingerprint density at radius 1 is 1.12 bits per heavy atom. The zero-order chi connectivity index (χ0) is 16.9. The summed E-state index contributed by atoms with van der Waals surface area (Å²) in [7, 11) is 0. The van der Waals surface area contributed by atoms with Crippen LogP contribution in [0.2, 0.25) is 0 Å². The van der Waals surface area contributed by atoms with Crippen LogP contribution in [0.15, 0.2) is 0 Å². The fraction of sp³-hybridized carbons (Fsp3) is 0.905. The number of carbonyl (C=O) groups is 2. The molecule has 0 bridgehead atoms. The maximum Gasteiger partial charge on any atom is 0.302 e. The quantitative estimate of drug-likeness (QED) is 0.679. The average Bonchev–Trinajstić information content (AvgIpc) is 3.08. The highest BCUT2D eigenvalue weighted by atomic mass is 16.5. The number of rotatable bonds is 1. The van der Waals surface area contributed by atoms with E-state index in [0.29, 0.717) is 23.0 Å². The maximum absolute atomic E-state index is 12.6. The standard InChI is InChI=1S/C21H30O3/c1-12(22)24-18-10-14-15-4-5-17(23)19(15,2)8-7-16(14)20(3)9-6-13-11-21(13,18)20/h13-16,18H,4-11H2,1-3H3/t13-,14+,15+,16+,18+,19+,20-,21+/m1/s1. The van der Waals surface area contributed by atoms with E-state index in [9.17, 15) is 9.59 Å². The van der Waals surface area contributed by atoms with E-state index in [1.807, 2.05) is 0 Å². The molecule has 132 valence electrons. The van der Waals surface area contributed by atoms with Gasteiger partial charge in [-0.05, 0) is 74.0 Å². The molecule has 3 nitrogen and oxygen atoms in total. The van der Waals surface area contributed by atoms with Crippen molar-refractivity contribution in [2.45, 2.75) is 78.2 Å². The number of hydrogen-bond donors (Lipinski definition) is 0. The summed E-state index contributed by atoms with van der Waals surface area (Å²) in [6, 6.07) is 0. The molecule has 0 amide bonds. The summed E-state index contributed by atoms with van der Waals surface area (Å²) in [6.45, 7) is 6.30. The lowest BCUT2D eigenvalue weighted by Crippen LogP contribution is -2.57. The van der Waals surface area contributed by atoms with Crippen molar-refractivity contribution in [1.82, 2.24) is 0 Å². The molecule has 0 aromatic rings. The van der Waals surface area contributed by atoms with E-state index in [2.05, 4.69) is 13.8 Å². The Kier molecular flexibility index (Phi) is 2.86. The lowest BCUT2D eigenvalue weighted by atomic mass is 9.46. The second-order valence-electron chi connectivity index (χ2n) is 10.0. The van der Waals surface area contributed by atoms with Crippen LogP contribution in [0.5, 0.6) is 0 Å². The van der Waals surface area contributed by atoms with E-state index in [4.69, 9.17) is 4.74 Å². The van der Waals surface area contributed by atoms with Crippen LogP contribution in [-0.4, -0.2) is 17.9 Å². The van der Waals surface area contributed by atoms with E-state index in [0.717, 1.165) is 37.5 Å². The smallest absolute Gasteiger partial charge is 0.302 e. The first kappa shape index (κ1) is 15.4. The van der Waals surface area contributed by atoms with Gasteiger partial charge in [0, 0.05) is 24.2 Å². The number of carbonyl (C=O) groups excluding carboxylic acids is 2. The highest BCUT2D eigenvalue weighted by Crippen LogP contribution is 2.81. The normalized spacial score (nSPS) is 57.6. The Morgan fingerprint density at radius 3 is 2.62 bits per heavy atom. The minimum Gasteiger partial charge on any atom is -0.462 e. The molecule has 5 aliphatic rings. The molecule has 5 fully saturated rings. The van der Waals surface area contributed by atoms with Gasteiger partial charge in [-0.25, -0.2) is 0 Å². The van der Waals surface area contributed by atoms with Crippen molar-refractivity contribution in [2.75, 3.05) is 0 Å². The zero-order valence-electron chi connectivity index (χ0n) is 15.3. The van der Waals surface area contributed by atoms with E-state index in [1.165, 1.54) is 25.7 Å². The Bertz CT molecular complexity index is 627. The zero-order valence-corrected chi connectivity index (χ0v) is 15.3. The monoisotopic (exact) mass is 330 g/mol. The molecule has 8 atom stereocenters. The summed E-state index contributed by atoms with van der Waals surface area (Å²) in [5.74, 6) is 3.00. The van der Waals surface area contributed by atoms with Gasteiger partial charge >= 0.3 is 5.97 Å². The van der Waals surface area contributed by atoms with Gasteiger partial charge in [0.25, 0.3) is 0 Å². The average molecular weight is 330 g/mol. The van der Waals surface area contributed by atoms with Crippen LogP contribution in [0.25, 0.3) is 0 Å². The summed E-state index contributed by atoms with van der Waals surface area (Å²) < 4.78 is 5.95. The van der Waals surface area contributed by atoms with Gasteiger partial charge in [0.05, 0.1) is 0 Å². The fourth-order valence-electron chi connectivity index (χ4n) is 8.40. The molecule has 0 N–H and O–H groups in total. The van der Waals surface area contributed by atoms with Crippen LogP contribution in [0.4, 0.5) is 0 Å². The number of Topliss-reactive ketones (excluding diaryl/α,β-unsaturated/α-hetero) is 1. The second kappa shape index (κ2) is 4.45. The van der Waals surface area contributed by atoms with Crippen molar-refractivity contribution in [3.63, 3.8) is 0 Å².